The molecule has 78 valence electrons. The van der Waals surface area contributed by atoms with Crippen LogP contribution >= 0.6 is 0 Å². The van der Waals surface area contributed by atoms with Crippen LogP contribution in [0.2, 0.25) is 0 Å². The van der Waals surface area contributed by atoms with Crippen LogP contribution in [0.15, 0.2) is 0 Å². The van der Waals surface area contributed by atoms with E-state index >= 15 is 0 Å². The molecular weight excluding hydrogens is 176 g/mol. The highest BCUT2D eigenvalue weighted by molar-refractivity contribution is 5.63. The molecule has 0 aromatic rings. The molecule has 0 radical (unpaired) electrons. The number of hydrogen-bond donors (Lipinski definition) is 0. The van der Waals surface area contributed by atoms with Gasteiger partial charge in [0.1, 0.15) is 13.6 Å². The standard InChI is InChI=1S/C7H17N2O4/c1-6-9(2,13-5)7(10)8(11-3)12-4/h6H2,1-5H3/q+1. The van der Waals surface area contributed by atoms with Gasteiger partial charge in [0.05, 0.1) is 21.3 Å². The Labute approximate surface area is 78.0 Å². The second-order valence-electron chi connectivity index (χ2n) is 2.50. The number of carbonyl (C=O) groups excluding carboxylic acids is 1. The molecule has 0 saturated carbocycles. The summed E-state index contributed by atoms with van der Waals surface area (Å²) in [5.74, 6) is 0. The minimum absolute atomic E-state index is 0.234. The first-order valence-corrected chi connectivity index (χ1v) is 3.89. The average Bonchev–Trinajstić information content (AvgIpc) is 2.18. The lowest BCUT2D eigenvalue weighted by Crippen LogP contribution is -2.54. The summed E-state index contributed by atoms with van der Waals surface area (Å²) in [6, 6.07) is -0.421. The van der Waals surface area contributed by atoms with Crippen molar-refractivity contribution in [1.29, 1.82) is 0 Å². The zero-order valence-corrected chi connectivity index (χ0v) is 8.73. The maximum absolute atomic E-state index is 11.6. The van der Waals surface area contributed by atoms with Crippen molar-refractivity contribution in [1.82, 2.24) is 5.23 Å². The van der Waals surface area contributed by atoms with Crippen LogP contribution in [0.1, 0.15) is 6.92 Å². The normalized spacial score (nSPS) is 15.2. The van der Waals surface area contributed by atoms with E-state index in [4.69, 9.17) is 4.84 Å². The Morgan fingerprint density at radius 3 is 2.00 bits per heavy atom. The van der Waals surface area contributed by atoms with E-state index in [0.717, 1.165) is 5.23 Å². The fourth-order valence-corrected chi connectivity index (χ4v) is 0.746. The molecule has 6 heteroatoms. The Bertz CT molecular complexity index is 166. The van der Waals surface area contributed by atoms with E-state index in [0.29, 0.717) is 6.54 Å². The molecule has 0 bridgehead atoms. The van der Waals surface area contributed by atoms with Gasteiger partial charge in [0.2, 0.25) is 0 Å². The Morgan fingerprint density at radius 2 is 1.77 bits per heavy atom. The minimum Gasteiger partial charge on any atom is -0.245 e. The number of carbonyl (C=O) groups is 1. The van der Waals surface area contributed by atoms with Gasteiger partial charge >= 0.3 is 6.03 Å². The number of quaternary nitrogens is 1. The van der Waals surface area contributed by atoms with Crippen molar-refractivity contribution < 1.29 is 24.0 Å². The van der Waals surface area contributed by atoms with Gasteiger partial charge in [0, 0.05) is 0 Å². The second-order valence-corrected chi connectivity index (χ2v) is 2.50. The van der Waals surface area contributed by atoms with Crippen LogP contribution in [0.5, 0.6) is 0 Å². The maximum Gasteiger partial charge on any atom is 0.500 e. The SMILES string of the molecule is CC[N+](C)(OC)C(=O)N(OC)OC. The summed E-state index contributed by atoms with van der Waals surface area (Å²) in [5, 5.41) is 0.771. The fourth-order valence-electron chi connectivity index (χ4n) is 0.746. The van der Waals surface area contributed by atoms with Crippen molar-refractivity contribution in [2.24, 2.45) is 0 Å². The van der Waals surface area contributed by atoms with Crippen LogP contribution < -0.4 is 0 Å². The topological polar surface area (TPSA) is 48.0 Å². The Kier molecular flexibility index (Phi) is 4.86. The van der Waals surface area contributed by atoms with Gasteiger partial charge in [-0.1, -0.05) is 4.65 Å². The summed E-state index contributed by atoms with van der Waals surface area (Å²) in [4.78, 5) is 26.0. The summed E-state index contributed by atoms with van der Waals surface area (Å²) in [7, 11) is 5.76. The molecule has 0 rings (SSSR count). The van der Waals surface area contributed by atoms with E-state index in [9.17, 15) is 4.79 Å². The van der Waals surface area contributed by atoms with Crippen LogP contribution in [-0.2, 0) is 14.5 Å². The highest BCUT2D eigenvalue weighted by atomic mass is 17.0. The first-order chi connectivity index (χ1) is 6.05. The smallest absolute Gasteiger partial charge is 0.245 e. The molecule has 0 heterocycles. The lowest BCUT2D eigenvalue weighted by atomic mass is 10.6. The predicted molar refractivity (Wildman–Crippen MR) is 45.0 cm³/mol. The van der Waals surface area contributed by atoms with Crippen LogP contribution in [0.3, 0.4) is 0 Å². The quantitative estimate of drug-likeness (QED) is 0.483. The summed E-state index contributed by atoms with van der Waals surface area (Å²) < 4.78 is -0.234. The van der Waals surface area contributed by atoms with Crippen molar-refractivity contribution in [3.63, 3.8) is 0 Å². The Hall–Kier alpha value is -0.690. The van der Waals surface area contributed by atoms with Crippen LogP contribution in [0, 0.1) is 0 Å². The van der Waals surface area contributed by atoms with Gasteiger partial charge in [-0.15, -0.1) is 0 Å². The van der Waals surface area contributed by atoms with Gasteiger partial charge in [0.25, 0.3) is 0 Å². The molecule has 0 aliphatic heterocycles. The van der Waals surface area contributed by atoms with Gasteiger partial charge in [-0.05, 0) is 12.2 Å². The van der Waals surface area contributed by atoms with Gasteiger partial charge in [-0.2, -0.15) is 9.63 Å². The summed E-state index contributed by atoms with van der Waals surface area (Å²) >= 11 is 0. The third-order valence-electron chi connectivity index (χ3n) is 1.90. The van der Waals surface area contributed by atoms with E-state index in [1.807, 2.05) is 6.92 Å². The molecule has 0 fully saturated rings. The van der Waals surface area contributed by atoms with Crippen molar-refractivity contribution in [2.75, 3.05) is 34.9 Å². The lowest BCUT2D eigenvalue weighted by Gasteiger charge is -2.28. The fraction of sp³-hybridized carbons (Fsp3) is 0.857. The Morgan fingerprint density at radius 1 is 1.31 bits per heavy atom. The molecule has 0 aromatic heterocycles. The van der Waals surface area contributed by atoms with Crippen LogP contribution in [0.25, 0.3) is 0 Å². The molecular formula is C7H17N2O4+. The third-order valence-corrected chi connectivity index (χ3v) is 1.90. The largest absolute Gasteiger partial charge is 0.500 e. The average molecular weight is 193 g/mol. The zero-order valence-electron chi connectivity index (χ0n) is 8.73. The maximum atomic E-state index is 11.6. The summed E-state index contributed by atoms with van der Waals surface area (Å²) in [6.45, 7) is 2.31. The van der Waals surface area contributed by atoms with Crippen molar-refractivity contribution in [2.45, 2.75) is 6.92 Å². The second kappa shape index (κ2) is 5.13. The monoisotopic (exact) mass is 193 g/mol. The molecule has 0 spiro atoms. The van der Waals surface area contributed by atoms with Gasteiger partial charge in [0.15, 0.2) is 0 Å². The Balaban J connectivity index is 4.53. The number of amides is 2. The number of hydrogen-bond acceptors (Lipinski definition) is 4. The van der Waals surface area contributed by atoms with Crippen LogP contribution in [0.4, 0.5) is 4.79 Å². The van der Waals surface area contributed by atoms with Crippen LogP contribution in [-0.4, -0.2) is 50.8 Å². The molecule has 0 aliphatic carbocycles. The molecule has 6 nitrogen and oxygen atoms in total. The van der Waals surface area contributed by atoms with Crippen molar-refractivity contribution >= 4 is 6.03 Å². The molecule has 0 aromatic carbocycles. The van der Waals surface area contributed by atoms with E-state index in [1.54, 1.807) is 7.05 Å². The molecule has 13 heavy (non-hydrogen) atoms. The first-order valence-electron chi connectivity index (χ1n) is 3.89. The summed E-state index contributed by atoms with van der Waals surface area (Å²) in [6.07, 6.45) is 0. The van der Waals surface area contributed by atoms with Gasteiger partial charge in [-0.25, -0.2) is 9.68 Å². The molecule has 0 aliphatic rings. The van der Waals surface area contributed by atoms with Crippen molar-refractivity contribution in [3.05, 3.63) is 0 Å². The molecule has 1 atom stereocenters. The molecule has 0 N–H and O–H groups in total. The number of hydroxylamine groups is 5. The number of urea groups is 1. The van der Waals surface area contributed by atoms with Gasteiger partial charge < -0.3 is 0 Å². The van der Waals surface area contributed by atoms with E-state index < -0.39 is 6.03 Å². The van der Waals surface area contributed by atoms with Gasteiger partial charge in [-0.3, -0.25) is 0 Å². The predicted octanol–water partition coefficient (Wildman–Crippen LogP) is 0.559. The third kappa shape index (κ3) is 2.63. The van der Waals surface area contributed by atoms with E-state index in [1.165, 1.54) is 21.3 Å². The molecule has 0 saturated heterocycles. The molecule has 1 unspecified atom stereocenters. The van der Waals surface area contributed by atoms with E-state index in [2.05, 4.69) is 9.68 Å². The number of rotatable bonds is 4. The lowest BCUT2D eigenvalue weighted by molar-refractivity contribution is -1.03. The minimum atomic E-state index is -0.421. The summed E-state index contributed by atoms with van der Waals surface area (Å²) in [5.41, 5.74) is 0. The van der Waals surface area contributed by atoms with E-state index in [-0.39, 0.29) is 4.65 Å². The highest BCUT2D eigenvalue weighted by Crippen LogP contribution is 2.08. The number of nitrogens with zero attached hydrogens (tertiary/aromatic N) is 2. The van der Waals surface area contributed by atoms with Crippen molar-refractivity contribution in [3.8, 4) is 0 Å². The first kappa shape index (κ1) is 12.3. The highest BCUT2D eigenvalue weighted by Gasteiger charge is 2.37. The zero-order chi connectivity index (χ0) is 10.5. The molecule has 2 amide bonds.